The lowest BCUT2D eigenvalue weighted by molar-refractivity contribution is 0.867. The average Bonchev–Trinajstić information content (AvgIpc) is 2.87. The third-order valence-electron chi connectivity index (χ3n) is 3.32. The highest BCUT2D eigenvalue weighted by atomic mass is 35.5. The van der Waals surface area contributed by atoms with Crippen molar-refractivity contribution in [2.75, 3.05) is 0 Å². The lowest BCUT2D eigenvalue weighted by Gasteiger charge is -2.00. The molecule has 0 saturated heterocycles. The van der Waals surface area contributed by atoms with E-state index >= 15 is 0 Å². The molecule has 0 amide bonds. The summed E-state index contributed by atoms with van der Waals surface area (Å²) >= 11 is 11.8. The van der Waals surface area contributed by atoms with Crippen LogP contribution >= 0.6 is 23.8 Å². The van der Waals surface area contributed by atoms with Crippen molar-refractivity contribution in [3.8, 4) is 5.69 Å². The van der Waals surface area contributed by atoms with Gasteiger partial charge in [-0.3, -0.25) is 0 Å². The van der Waals surface area contributed by atoms with Crippen LogP contribution in [0.25, 0.3) is 22.2 Å². The predicted molar refractivity (Wildman–Crippen MR) is 85.7 cm³/mol. The van der Waals surface area contributed by atoms with E-state index in [1.54, 1.807) is 9.08 Å². The van der Waals surface area contributed by atoms with Crippen molar-refractivity contribution >= 4 is 40.4 Å². The molecule has 0 bridgehead atoms. The smallest absolute Gasteiger partial charge is 0.211 e. The highest BCUT2D eigenvalue weighted by molar-refractivity contribution is 7.71. The number of hydrogen-bond donors (Lipinski definition) is 0. The number of rotatable bonds is 1. The lowest BCUT2D eigenvalue weighted by atomic mass is 10.2. The molecule has 0 fully saturated rings. The van der Waals surface area contributed by atoms with Gasteiger partial charge in [0.15, 0.2) is 5.65 Å². The normalized spacial score (nSPS) is 11.3. The molecule has 0 saturated carbocycles. The molecule has 0 N–H and O–H groups in total. The summed E-state index contributed by atoms with van der Waals surface area (Å²) in [6, 6.07) is 17.5. The maximum atomic E-state index is 6.27. The third kappa shape index (κ3) is 1.86. The fraction of sp³-hybridized carbons (Fsp3) is 0. The zero-order chi connectivity index (χ0) is 14.4. The van der Waals surface area contributed by atoms with Gasteiger partial charge in [0.1, 0.15) is 0 Å². The highest BCUT2D eigenvalue weighted by Gasteiger charge is 2.13. The summed E-state index contributed by atoms with van der Waals surface area (Å²) in [6.07, 6.45) is 0. The van der Waals surface area contributed by atoms with Gasteiger partial charge >= 0.3 is 0 Å². The summed E-state index contributed by atoms with van der Waals surface area (Å²) in [6.45, 7) is 0. The van der Waals surface area contributed by atoms with Crippen LogP contribution in [0.2, 0.25) is 5.28 Å². The standard InChI is InChI=1S/C15H9ClN4S/c16-14-17-12-9-5-4-8-11(12)13-18-20(15(21)19(13)14)10-6-2-1-3-7-10/h1-9H. The van der Waals surface area contributed by atoms with Gasteiger partial charge in [-0.15, -0.1) is 5.10 Å². The van der Waals surface area contributed by atoms with Crippen LogP contribution in [-0.2, 0) is 0 Å². The molecular weight excluding hydrogens is 304 g/mol. The van der Waals surface area contributed by atoms with Crippen LogP contribution in [0, 0.1) is 4.77 Å². The second-order valence-corrected chi connectivity index (χ2v) is 5.29. The fourth-order valence-corrected chi connectivity index (χ4v) is 2.98. The Kier molecular flexibility index (Phi) is 2.77. The number of nitrogens with zero attached hydrogens (tertiary/aromatic N) is 4. The van der Waals surface area contributed by atoms with Crippen molar-refractivity contribution < 1.29 is 0 Å². The highest BCUT2D eigenvalue weighted by Crippen LogP contribution is 2.22. The second kappa shape index (κ2) is 4.65. The van der Waals surface area contributed by atoms with Crippen molar-refractivity contribution in [3.63, 3.8) is 0 Å². The van der Waals surface area contributed by atoms with Gasteiger partial charge in [-0.05, 0) is 48.1 Å². The minimum atomic E-state index is 0.316. The Balaban J connectivity index is 2.18. The van der Waals surface area contributed by atoms with Crippen LogP contribution in [0.5, 0.6) is 0 Å². The number of hydrogen-bond acceptors (Lipinski definition) is 3. The zero-order valence-electron chi connectivity index (χ0n) is 10.8. The molecule has 0 spiro atoms. The molecule has 102 valence electrons. The lowest BCUT2D eigenvalue weighted by Crippen LogP contribution is -1.96. The number of aromatic nitrogens is 4. The third-order valence-corrected chi connectivity index (χ3v) is 3.93. The Morgan fingerprint density at radius 1 is 0.952 bits per heavy atom. The Hall–Kier alpha value is -2.24. The van der Waals surface area contributed by atoms with Crippen LogP contribution in [0.3, 0.4) is 0 Å². The molecule has 2 heterocycles. The van der Waals surface area contributed by atoms with Crippen LogP contribution < -0.4 is 0 Å². The average molecular weight is 313 g/mol. The van der Waals surface area contributed by atoms with E-state index in [9.17, 15) is 0 Å². The first-order valence-electron chi connectivity index (χ1n) is 6.37. The minimum Gasteiger partial charge on any atom is -0.241 e. The van der Waals surface area contributed by atoms with E-state index < -0.39 is 0 Å². The van der Waals surface area contributed by atoms with Gasteiger partial charge in [0.05, 0.1) is 11.2 Å². The molecule has 0 aliphatic rings. The molecule has 21 heavy (non-hydrogen) atoms. The summed E-state index contributed by atoms with van der Waals surface area (Å²) in [5.74, 6) is 0. The molecule has 0 unspecified atom stereocenters. The maximum absolute atomic E-state index is 6.27. The number of para-hydroxylation sites is 2. The van der Waals surface area contributed by atoms with Gasteiger partial charge in [0.25, 0.3) is 0 Å². The van der Waals surface area contributed by atoms with E-state index in [4.69, 9.17) is 23.8 Å². The largest absolute Gasteiger partial charge is 0.241 e. The summed E-state index contributed by atoms with van der Waals surface area (Å²) in [5.41, 5.74) is 2.40. The molecule has 0 aliphatic carbocycles. The summed E-state index contributed by atoms with van der Waals surface area (Å²) in [5, 5.41) is 5.86. The van der Waals surface area contributed by atoms with E-state index in [2.05, 4.69) is 10.1 Å². The summed E-state index contributed by atoms with van der Waals surface area (Å²) in [7, 11) is 0. The quantitative estimate of drug-likeness (QED) is 0.393. The minimum absolute atomic E-state index is 0.316. The van der Waals surface area contributed by atoms with E-state index in [0.29, 0.717) is 15.7 Å². The fourth-order valence-electron chi connectivity index (χ4n) is 2.36. The first kappa shape index (κ1) is 12.5. The Labute approximate surface area is 130 Å². The molecule has 2 aromatic carbocycles. The number of fused-ring (bicyclic) bond motifs is 3. The van der Waals surface area contributed by atoms with Crippen LogP contribution in [0.4, 0.5) is 0 Å². The molecule has 6 heteroatoms. The number of benzene rings is 2. The molecule has 0 aliphatic heterocycles. The first-order chi connectivity index (χ1) is 10.3. The molecular formula is C15H9ClN4S. The molecule has 0 radical (unpaired) electrons. The number of halogens is 1. The van der Waals surface area contributed by atoms with Crippen molar-refractivity contribution in [2.45, 2.75) is 0 Å². The molecule has 2 aromatic heterocycles. The molecule has 0 atom stereocenters. The monoisotopic (exact) mass is 312 g/mol. The topological polar surface area (TPSA) is 35.1 Å². The summed E-state index contributed by atoms with van der Waals surface area (Å²) in [4.78, 5) is 4.38. The molecule has 4 aromatic rings. The van der Waals surface area contributed by atoms with E-state index in [1.165, 1.54) is 0 Å². The molecule has 4 rings (SSSR count). The Morgan fingerprint density at radius 2 is 1.67 bits per heavy atom. The summed E-state index contributed by atoms with van der Waals surface area (Å²) < 4.78 is 3.89. The van der Waals surface area contributed by atoms with E-state index in [1.807, 2.05) is 54.6 Å². The van der Waals surface area contributed by atoms with Gasteiger partial charge < -0.3 is 0 Å². The van der Waals surface area contributed by atoms with E-state index in [0.717, 1.165) is 16.6 Å². The zero-order valence-corrected chi connectivity index (χ0v) is 12.3. The van der Waals surface area contributed by atoms with Crippen molar-refractivity contribution in [2.24, 2.45) is 0 Å². The van der Waals surface area contributed by atoms with Gasteiger partial charge in [0.2, 0.25) is 10.1 Å². The van der Waals surface area contributed by atoms with Gasteiger partial charge in [0, 0.05) is 5.39 Å². The maximum Gasteiger partial charge on any atom is 0.211 e. The Bertz CT molecular complexity index is 1020. The van der Waals surface area contributed by atoms with E-state index in [-0.39, 0.29) is 0 Å². The van der Waals surface area contributed by atoms with Crippen molar-refractivity contribution in [1.29, 1.82) is 0 Å². The van der Waals surface area contributed by atoms with Gasteiger partial charge in [-0.2, -0.15) is 0 Å². The first-order valence-corrected chi connectivity index (χ1v) is 7.16. The van der Waals surface area contributed by atoms with Gasteiger partial charge in [-0.25, -0.2) is 14.1 Å². The van der Waals surface area contributed by atoms with Crippen molar-refractivity contribution in [1.82, 2.24) is 19.2 Å². The van der Waals surface area contributed by atoms with Crippen molar-refractivity contribution in [3.05, 3.63) is 64.7 Å². The second-order valence-electron chi connectivity index (χ2n) is 4.59. The van der Waals surface area contributed by atoms with Crippen LogP contribution in [-0.4, -0.2) is 19.2 Å². The Morgan fingerprint density at radius 3 is 2.48 bits per heavy atom. The predicted octanol–water partition coefficient (Wildman–Crippen LogP) is 4.06. The van der Waals surface area contributed by atoms with Crippen LogP contribution in [0.15, 0.2) is 54.6 Å². The van der Waals surface area contributed by atoms with Gasteiger partial charge in [-0.1, -0.05) is 30.3 Å². The molecule has 4 nitrogen and oxygen atoms in total. The SMILES string of the molecule is S=c1n(-c2ccccc2)nc2c3ccccc3nc(Cl)n12. The van der Waals surface area contributed by atoms with Crippen LogP contribution in [0.1, 0.15) is 0 Å².